The fourth-order valence-electron chi connectivity index (χ4n) is 1.78. The van der Waals surface area contributed by atoms with Gasteiger partial charge >= 0.3 is 0 Å². The molecule has 0 heterocycles. The topological polar surface area (TPSA) is 20.3 Å². The van der Waals surface area contributed by atoms with E-state index in [1.807, 2.05) is 34.3 Å². The molecule has 0 saturated carbocycles. The summed E-state index contributed by atoms with van der Waals surface area (Å²) in [6.45, 7) is 0.824. The molecule has 2 aromatic rings. The van der Waals surface area contributed by atoms with E-state index in [1.54, 1.807) is 6.07 Å². The first-order valence-electron chi connectivity index (χ1n) is 5.92. The summed E-state index contributed by atoms with van der Waals surface area (Å²) in [4.78, 5) is 10.8. The van der Waals surface area contributed by atoms with E-state index in [1.165, 1.54) is 5.56 Å². The Morgan fingerprint density at radius 3 is 2.53 bits per heavy atom. The number of nitrogens with zero attached hydrogens (tertiary/aromatic N) is 1. The third-order valence-electron chi connectivity index (χ3n) is 2.81. The second kappa shape index (κ2) is 6.87. The Bertz CT molecular complexity index is 557. The van der Waals surface area contributed by atoms with Gasteiger partial charge in [0.25, 0.3) is 0 Å². The summed E-state index contributed by atoms with van der Waals surface area (Å²) >= 11 is 7.04. The number of halogens is 2. The van der Waals surface area contributed by atoms with Crippen LogP contribution in [0.2, 0.25) is 0 Å². The number of hydrogen-bond acceptors (Lipinski definition) is 2. The van der Waals surface area contributed by atoms with Gasteiger partial charge in [-0.25, -0.2) is 0 Å². The van der Waals surface area contributed by atoms with Crippen LogP contribution in [0.5, 0.6) is 0 Å². The Labute approximate surface area is 129 Å². The molecule has 0 saturated heterocycles. The standard InChI is InChI=1S/C15H13Br2NO/c16-14-7-6-13(11-19)10-15(14)18(17)9-8-12-4-2-1-3-5-12/h1-7,10-11H,8-9H2. The number of rotatable bonds is 5. The molecule has 2 nitrogen and oxygen atoms in total. The first-order chi connectivity index (χ1) is 9.20. The normalized spacial score (nSPS) is 10.2. The predicted octanol–water partition coefficient (Wildman–Crippen LogP) is 4.62. The molecule has 0 fully saturated rings. The summed E-state index contributed by atoms with van der Waals surface area (Å²) in [6.07, 6.45) is 1.79. The summed E-state index contributed by atoms with van der Waals surface area (Å²) in [6, 6.07) is 15.8. The average molecular weight is 383 g/mol. The first kappa shape index (κ1) is 14.3. The summed E-state index contributed by atoms with van der Waals surface area (Å²) in [5.41, 5.74) is 2.91. The predicted molar refractivity (Wildman–Crippen MR) is 85.9 cm³/mol. The molecule has 0 radical (unpaired) electrons. The summed E-state index contributed by atoms with van der Waals surface area (Å²) in [5, 5.41) is 0. The largest absolute Gasteiger partial charge is 0.307 e. The molecule has 98 valence electrons. The third kappa shape index (κ3) is 3.91. The van der Waals surface area contributed by atoms with Gasteiger partial charge in [0.1, 0.15) is 6.29 Å². The van der Waals surface area contributed by atoms with Crippen LogP contribution in [-0.4, -0.2) is 12.8 Å². The van der Waals surface area contributed by atoms with Crippen molar-refractivity contribution in [3.8, 4) is 0 Å². The van der Waals surface area contributed by atoms with E-state index in [4.69, 9.17) is 0 Å². The Morgan fingerprint density at radius 1 is 1.11 bits per heavy atom. The lowest BCUT2D eigenvalue weighted by Crippen LogP contribution is -2.14. The van der Waals surface area contributed by atoms with Crippen LogP contribution in [0.3, 0.4) is 0 Å². The Hall–Kier alpha value is -1.13. The van der Waals surface area contributed by atoms with Crippen molar-refractivity contribution in [3.63, 3.8) is 0 Å². The number of hydrogen-bond donors (Lipinski definition) is 0. The molecule has 0 aliphatic heterocycles. The van der Waals surface area contributed by atoms with Crippen molar-refractivity contribution in [2.75, 3.05) is 10.5 Å². The number of carbonyl (C=O) groups is 1. The summed E-state index contributed by atoms with van der Waals surface area (Å²) in [7, 11) is 0. The maximum absolute atomic E-state index is 10.8. The Morgan fingerprint density at radius 2 is 1.84 bits per heavy atom. The van der Waals surface area contributed by atoms with Gasteiger partial charge in [0.05, 0.1) is 5.69 Å². The van der Waals surface area contributed by atoms with E-state index >= 15 is 0 Å². The smallest absolute Gasteiger partial charge is 0.150 e. The minimum atomic E-state index is 0.669. The van der Waals surface area contributed by atoms with E-state index in [0.717, 1.165) is 29.4 Å². The molecule has 2 aromatic carbocycles. The third-order valence-corrected chi connectivity index (χ3v) is 4.21. The highest BCUT2D eigenvalue weighted by Gasteiger charge is 2.08. The zero-order valence-electron chi connectivity index (χ0n) is 10.2. The molecule has 0 spiro atoms. The van der Waals surface area contributed by atoms with Crippen LogP contribution in [-0.2, 0) is 6.42 Å². The molecule has 4 heteroatoms. The van der Waals surface area contributed by atoms with Crippen LogP contribution in [0.1, 0.15) is 15.9 Å². The Balaban J connectivity index is 2.07. The van der Waals surface area contributed by atoms with Gasteiger partial charge in [-0.2, -0.15) is 0 Å². The maximum Gasteiger partial charge on any atom is 0.150 e. The lowest BCUT2D eigenvalue weighted by molar-refractivity contribution is 0.112. The Kier molecular flexibility index (Phi) is 5.16. The van der Waals surface area contributed by atoms with Crippen LogP contribution in [0.25, 0.3) is 0 Å². The van der Waals surface area contributed by atoms with Crippen LogP contribution in [0.15, 0.2) is 53.0 Å². The average Bonchev–Trinajstić information content (AvgIpc) is 2.46. The van der Waals surface area contributed by atoms with Crippen molar-refractivity contribution < 1.29 is 4.79 Å². The molecular weight excluding hydrogens is 370 g/mol. The highest BCUT2D eigenvalue weighted by atomic mass is 79.9. The summed E-state index contributed by atoms with van der Waals surface area (Å²) in [5.74, 6) is 0. The van der Waals surface area contributed by atoms with Crippen LogP contribution in [0.4, 0.5) is 5.69 Å². The van der Waals surface area contributed by atoms with E-state index in [9.17, 15) is 4.79 Å². The van der Waals surface area contributed by atoms with Crippen molar-refractivity contribution in [1.82, 2.24) is 0 Å². The van der Waals surface area contributed by atoms with Crippen molar-refractivity contribution in [2.24, 2.45) is 0 Å². The molecule has 0 N–H and O–H groups in total. The first-order valence-corrected chi connectivity index (χ1v) is 7.43. The maximum atomic E-state index is 10.8. The van der Waals surface area contributed by atoms with Crippen LogP contribution in [0, 0.1) is 0 Å². The van der Waals surface area contributed by atoms with E-state index in [2.05, 4.69) is 44.2 Å². The zero-order valence-corrected chi connectivity index (χ0v) is 13.4. The minimum absolute atomic E-state index is 0.669. The lowest BCUT2D eigenvalue weighted by atomic mass is 10.1. The van der Waals surface area contributed by atoms with E-state index in [0.29, 0.717) is 5.56 Å². The van der Waals surface area contributed by atoms with Gasteiger partial charge in [0.2, 0.25) is 0 Å². The van der Waals surface area contributed by atoms with Crippen molar-refractivity contribution in [2.45, 2.75) is 6.42 Å². The highest BCUT2D eigenvalue weighted by Crippen LogP contribution is 2.29. The lowest BCUT2D eigenvalue weighted by Gasteiger charge is -2.18. The van der Waals surface area contributed by atoms with Gasteiger partial charge in [-0.15, -0.1) is 0 Å². The molecular formula is C15H13Br2NO. The van der Waals surface area contributed by atoms with Gasteiger partial charge in [-0.1, -0.05) is 36.4 Å². The SMILES string of the molecule is O=Cc1ccc(Br)c(N(Br)CCc2ccccc2)c1. The van der Waals surface area contributed by atoms with Crippen LogP contribution < -0.4 is 3.93 Å². The molecule has 0 aromatic heterocycles. The van der Waals surface area contributed by atoms with Gasteiger partial charge in [-0.05, 0) is 40.0 Å². The fraction of sp³-hybridized carbons (Fsp3) is 0.133. The molecule has 0 atom stereocenters. The molecule has 0 bridgehead atoms. The van der Waals surface area contributed by atoms with Crippen molar-refractivity contribution >= 4 is 44.1 Å². The van der Waals surface area contributed by atoms with E-state index < -0.39 is 0 Å². The number of carbonyl (C=O) groups excluding carboxylic acids is 1. The quantitative estimate of drug-likeness (QED) is 0.555. The van der Waals surface area contributed by atoms with Gasteiger partial charge in [0, 0.05) is 32.7 Å². The zero-order chi connectivity index (χ0) is 13.7. The monoisotopic (exact) mass is 381 g/mol. The molecule has 0 unspecified atom stereocenters. The molecule has 2 rings (SSSR count). The van der Waals surface area contributed by atoms with Gasteiger partial charge in [-0.3, -0.25) is 4.79 Å². The van der Waals surface area contributed by atoms with Crippen LogP contribution >= 0.6 is 32.1 Å². The molecule has 0 amide bonds. The summed E-state index contributed by atoms with van der Waals surface area (Å²) < 4.78 is 2.93. The number of anilines is 1. The number of benzene rings is 2. The highest BCUT2D eigenvalue weighted by molar-refractivity contribution is 9.11. The van der Waals surface area contributed by atoms with Crippen molar-refractivity contribution in [3.05, 3.63) is 64.1 Å². The second-order valence-corrected chi connectivity index (χ2v) is 5.86. The molecule has 0 aliphatic rings. The molecule has 0 aliphatic carbocycles. The van der Waals surface area contributed by atoms with Crippen molar-refractivity contribution in [1.29, 1.82) is 0 Å². The minimum Gasteiger partial charge on any atom is -0.307 e. The number of aldehydes is 1. The fourth-order valence-corrected chi connectivity index (χ4v) is 2.95. The van der Waals surface area contributed by atoms with Gasteiger partial charge < -0.3 is 3.93 Å². The second-order valence-electron chi connectivity index (χ2n) is 4.15. The van der Waals surface area contributed by atoms with E-state index in [-0.39, 0.29) is 0 Å². The molecule has 19 heavy (non-hydrogen) atoms. The van der Waals surface area contributed by atoms with Gasteiger partial charge in [0.15, 0.2) is 0 Å².